The van der Waals surface area contributed by atoms with Crippen LogP contribution in [0.3, 0.4) is 0 Å². The average molecular weight is 385 g/mol. The lowest BCUT2D eigenvalue weighted by molar-refractivity contribution is 0.102. The number of aromatic nitrogens is 2. The summed E-state index contributed by atoms with van der Waals surface area (Å²) in [4.78, 5) is 27.1. The maximum Gasteiger partial charge on any atom is 0.272 e. The molecule has 2 N–H and O–H groups in total. The minimum absolute atomic E-state index is 0.101. The Balaban J connectivity index is 1.73. The molecule has 0 atom stereocenters. The minimum Gasteiger partial charge on any atom is -0.457 e. The SMILES string of the molecule is Cn1cc(-c2cc(NC(=O)c3ccc[nH]3)ccc2Oc2ccccc2)ccc1=O. The summed E-state index contributed by atoms with van der Waals surface area (Å²) in [6.45, 7) is 0. The number of nitrogens with zero attached hydrogens (tertiary/aromatic N) is 1. The predicted octanol–water partition coefficient (Wildman–Crippen LogP) is 4.43. The van der Waals surface area contributed by atoms with Crippen molar-refractivity contribution in [1.29, 1.82) is 0 Å². The Morgan fingerprint density at radius 1 is 1.00 bits per heavy atom. The Bertz CT molecular complexity index is 1200. The van der Waals surface area contributed by atoms with Crippen LogP contribution in [-0.4, -0.2) is 15.5 Å². The van der Waals surface area contributed by atoms with Gasteiger partial charge in [0.2, 0.25) is 5.56 Å². The fourth-order valence-corrected chi connectivity index (χ4v) is 2.96. The van der Waals surface area contributed by atoms with Crippen LogP contribution in [0.15, 0.2) is 90.0 Å². The number of pyridine rings is 1. The Kier molecular flexibility index (Phi) is 4.99. The third-order valence-electron chi connectivity index (χ3n) is 4.45. The standard InChI is InChI=1S/C23H19N3O3/c1-26-15-16(9-12-22(26)27)19-14-17(25-23(28)20-8-5-13-24-20)10-11-21(19)29-18-6-3-2-4-7-18/h2-15,24H,1H3,(H,25,28). The van der Waals surface area contributed by atoms with Crippen LogP contribution in [0.2, 0.25) is 0 Å². The van der Waals surface area contributed by atoms with Gasteiger partial charge < -0.3 is 19.6 Å². The highest BCUT2D eigenvalue weighted by atomic mass is 16.5. The molecule has 4 rings (SSSR count). The topological polar surface area (TPSA) is 76.1 Å². The van der Waals surface area contributed by atoms with Crippen molar-refractivity contribution in [2.45, 2.75) is 0 Å². The van der Waals surface area contributed by atoms with Gasteiger partial charge in [-0.2, -0.15) is 0 Å². The van der Waals surface area contributed by atoms with Gasteiger partial charge in [-0.05, 0) is 48.5 Å². The van der Waals surface area contributed by atoms with Gasteiger partial charge in [0.05, 0.1) is 0 Å². The monoisotopic (exact) mass is 385 g/mol. The highest BCUT2D eigenvalue weighted by Crippen LogP contribution is 2.35. The van der Waals surface area contributed by atoms with E-state index in [2.05, 4.69) is 10.3 Å². The summed E-state index contributed by atoms with van der Waals surface area (Å²) in [6, 6.07) is 21.6. The second-order valence-electron chi connectivity index (χ2n) is 6.53. The molecule has 0 aliphatic rings. The number of carbonyl (C=O) groups is 1. The number of anilines is 1. The van der Waals surface area contributed by atoms with Gasteiger partial charge in [0, 0.05) is 42.3 Å². The molecule has 6 heteroatoms. The van der Waals surface area contributed by atoms with E-state index in [4.69, 9.17) is 4.74 Å². The fraction of sp³-hybridized carbons (Fsp3) is 0.0435. The molecule has 0 radical (unpaired) electrons. The molecule has 0 unspecified atom stereocenters. The fourth-order valence-electron chi connectivity index (χ4n) is 2.96. The number of carbonyl (C=O) groups excluding carboxylic acids is 1. The van der Waals surface area contributed by atoms with Gasteiger partial charge in [0.25, 0.3) is 5.91 Å². The number of benzene rings is 2. The van der Waals surface area contributed by atoms with E-state index < -0.39 is 0 Å². The first kappa shape index (κ1) is 18.3. The highest BCUT2D eigenvalue weighted by Gasteiger charge is 2.13. The molecule has 0 saturated carbocycles. The Hall–Kier alpha value is -4.06. The molecule has 0 saturated heterocycles. The van der Waals surface area contributed by atoms with Gasteiger partial charge >= 0.3 is 0 Å². The van der Waals surface area contributed by atoms with E-state index in [-0.39, 0.29) is 11.5 Å². The van der Waals surface area contributed by atoms with Crippen molar-refractivity contribution < 1.29 is 9.53 Å². The smallest absolute Gasteiger partial charge is 0.272 e. The molecule has 2 aromatic carbocycles. The van der Waals surface area contributed by atoms with Crippen LogP contribution in [0.25, 0.3) is 11.1 Å². The van der Waals surface area contributed by atoms with E-state index in [1.807, 2.05) is 36.4 Å². The summed E-state index contributed by atoms with van der Waals surface area (Å²) >= 11 is 0. The van der Waals surface area contributed by atoms with Crippen molar-refractivity contribution >= 4 is 11.6 Å². The summed E-state index contributed by atoms with van der Waals surface area (Å²) in [6.07, 6.45) is 3.44. The first-order chi connectivity index (χ1) is 14.1. The number of nitrogens with one attached hydrogen (secondary N) is 2. The number of hydrogen-bond acceptors (Lipinski definition) is 3. The quantitative estimate of drug-likeness (QED) is 0.534. The van der Waals surface area contributed by atoms with Crippen LogP contribution >= 0.6 is 0 Å². The molecule has 29 heavy (non-hydrogen) atoms. The Morgan fingerprint density at radius 3 is 2.55 bits per heavy atom. The van der Waals surface area contributed by atoms with Crippen LogP contribution in [0.4, 0.5) is 5.69 Å². The molecule has 144 valence electrons. The molecule has 4 aromatic rings. The zero-order chi connectivity index (χ0) is 20.2. The molecule has 0 bridgehead atoms. The van der Waals surface area contributed by atoms with Crippen molar-refractivity contribution in [2.75, 3.05) is 5.32 Å². The second kappa shape index (κ2) is 7.90. The number of rotatable bonds is 5. The van der Waals surface area contributed by atoms with E-state index in [1.54, 1.807) is 49.8 Å². The molecule has 0 spiro atoms. The lowest BCUT2D eigenvalue weighted by atomic mass is 10.1. The molecule has 6 nitrogen and oxygen atoms in total. The summed E-state index contributed by atoms with van der Waals surface area (Å²) < 4.78 is 7.57. The Morgan fingerprint density at radius 2 is 1.83 bits per heavy atom. The molecule has 1 amide bonds. The van der Waals surface area contributed by atoms with Gasteiger partial charge in [-0.1, -0.05) is 18.2 Å². The number of amides is 1. The summed E-state index contributed by atoms with van der Waals surface area (Å²) in [7, 11) is 1.69. The summed E-state index contributed by atoms with van der Waals surface area (Å²) in [5.41, 5.74) is 2.55. The molecule has 0 fully saturated rings. The molecular formula is C23H19N3O3. The van der Waals surface area contributed by atoms with Gasteiger partial charge in [-0.25, -0.2) is 0 Å². The molecule has 2 aromatic heterocycles. The van der Waals surface area contributed by atoms with Gasteiger partial charge in [-0.3, -0.25) is 9.59 Å². The number of H-pyrrole nitrogens is 1. The number of hydrogen-bond donors (Lipinski definition) is 2. The van der Waals surface area contributed by atoms with Crippen molar-refractivity contribution in [3.05, 3.63) is 101 Å². The minimum atomic E-state index is -0.238. The van der Waals surface area contributed by atoms with E-state index >= 15 is 0 Å². The largest absolute Gasteiger partial charge is 0.457 e. The van der Waals surface area contributed by atoms with Gasteiger partial charge in [0.1, 0.15) is 17.2 Å². The second-order valence-corrected chi connectivity index (χ2v) is 6.53. The first-order valence-electron chi connectivity index (χ1n) is 9.09. The van der Waals surface area contributed by atoms with E-state index in [1.165, 1.54) is 10.6 Å². The summed E-state index contributed by atoms with van der Waals surface area (Å²) in [5.74, 6) is 1.08. The predicted molar refractivity (Wildman–Crippen MR) is 112 cm³/mol. The van der Waals surface area contributed by atoms with Crippen LogP contribution < -0.4 is 15.6 Å². The van der Waals surface area contributed by atoms with E-state index in [0.29, 0.717) is 22.9 Å². The molecule has 2 heterocycles. The average Bonchev–Trinajstić information content (AvgIpc) is 3.27. The maximum absolute atomic E-state index is 12.4. The van der Waals surface area contributed by atoms with E-state index in [9.17, 15) is 9.59 Å². The number of aromatic amines is 1. The van der Waals surface area contributed by atoms with Crippen LogP contribution in [-0.2, 0) is 7.05 Å². The van der Waals surface area contributed by atoms with Crippen molar-refractivity contribution in [3.8, 4) is 22.6 Å². The maximum atomic E-state index is 12.4. The zero-order valence-corrected chi connectivity index (χ0v) is 15.8. The lowest BCUT2D eigenvalue weighted by Gasteiger charge is -2.14. The van der Waals surface area contributed by atoms with Crippen LogP contribution in [0.1, 0.15) is 10.5 Å². The summed E-state index contributed by atoms with van der Waals surface area (Å²) in [5, 5.41) is 2.88. The van der Waals surface area contributed by atoms with Crippen molar-refractivity contribution in [2.24, 2.45) is 7.05 Å². The number of aryl methyl sites for hydroxylation is 1. The van der Waals surface area contributed by atoms with Crippen LogP contribution in [0.5, 0.6) is 11.5 Å². The number of para-hydroxylation sites is 1. The third kappa shape index (κ3) is 4.11. The normalized spacial score (nSPS) is 10.5. The molecule has 0 aliphatic carbocycles. The molecule has 0 aliphatic heterocycles. The molecular weight excluding hydrogens is 366 g/mol. The zero-order valence-electron chi connectivity index (χ0n) is 15.8. The van der Waals surface area contributed by atoms with Crippen molar-refractivity contribution in [3.63, 3.8) is 0 Å². The van der Waals surface area contributed by atoms with Crippen LogP contribution in [0, 0.1) is 0 Å². The van der Waals surface area contributed by atoms with Crippen molar-refractivity contribution in [1.82, 2.24) is 9.55 Å². The van der Waals surface area contributed by atoms with Gasteiger partial charge in [-0.15, -0.1) is 0 Å². The first-order valence-corrected chi connectivity index (χ1v) is 9.09. The van der Waals surface area contributed by atoms with E-state index in [0.717, 1.165) is 11.1 Å². The number of ether oxygens (including phenoxy) is 1. The lowest BCUT2D eigenvalue weighted by Crippen LogP contribution is -2.14. The van der Waals surface area contributed by atoms with Gasteiger partial charge in [0.15, 0.2) is 0 Å². The Labute approximate surface area is 167 Å². The third-order valence-corrected chi connectivity index (χ3v) is 4.45. The highest BCUT2D eigenvalue weighted by molar-refractivity contribution is 6.03.